The van der Waals surface area contributed by atoms with Gasteiger partial charge >= 0.3 is 18.3 Å². The first-order valence-corrected chi connectivity index (χ1v) is 15.7. The van der Waals surface area contributed by atoms with E-state index in [2.05, 4.69) is 32.9 Å². The molecule has 2 aromatic carbocycles. The van der Waals surface area contributed by atoms with Crippen LogP contribution in [0.15, 0.2) is 48.5 Å². The summed E-state index contributed by atoms with van der Waals surface area (Å²) >= 11 is 0. The van der Waals surface area contributed by atoms with E-state index in [9.17, 15) is 24.0 Å². The van der Waals surface area contributed by atoms with Gasteiger partial charge in [-0.15, -0.1) is 0 Å². The van der Waals surface area contributed by atoms with Crippen LogP contribution in [-0.2, 0) is 33.4 Å². The molecule has 0 bridgehead atoms. The average Bonchev–Trinajstić information content (AvgIpc) is 3.34. The van der Waals surface area contributed by atoms with Crippen molar-refractivity contribution in [3.05, 3.63) is 65.2 Å². The normalized spacial score (nSPS) is 13.1. The van der Waals surface area contributed by atoms with Gasteiger partial charge in [-0.05, 0) is 54.9 Å². The second-order valence-corrected chi connectivity index (χ2v) is 11.9. The fourth-order valence-corrected chi connectivity index (χ4v) is 5.23. The number of Topliss-reactive ketones (excluding diaryl/α,β-unsaturated/α-hetero) is 1. The summed E-state index contributed by atoms with van der Waals surface area (Å²) < 4.78 is 16.1. The Balaban J connectivity index is 1.44. The Morgan fingerprint density at radius 3 is 2.15 bits per heavy atom. The van der Waals surface area contributed by atoms with Crippen molar-refractivity contribution in [1.82, 2.24) is 16.0 Å². The van der Waals surface area contributed by atoms with Gasteiger partial charge in [-0.3, -0.25) is 14.4 Å². The zero-order valence-corrected chi connectivity index (χ0v) is 27.2. The number of rotatable bonds is 18. The van der Waals surface area contributed by atoms with E-state index < -0.39 is 47.8 Å². The molecule has 0 unspecified atom stereocenters. The van der Waals surface area contributed by atoms with E-state index in [1.54, 1.807) is 13.8 Å². The molecule has 1 aliphatic rings. The molecule has 0 heterocycles. The molecule has 3 rings (SSSR count). The van der Waals surface area contributed by atoms with Gasteiger partial charge in [0.05, 0.1) is 12.7 Å². The summed E-state index contributed by atoms with van der Waals surface area (Å²) in [6.45, 7) is 6.95. The number of nitrogens with zero attached hydrogens (tertiary/aromatic N) is 2. The molecule has 3 N–H and O–H groups in total. The van der Waals surface area contributed by atoms with Crippen LogP contribution in [0.1, 0.15) is 64.0 Å². The maximum absolute atomic E-state index is 13.1. The quantitative estimate of drug-likeness (QED) is 0.0723. The third-order valence-corrected chi connectivity index (χ3v) is 7.29. The van der Waals surface area contributed by atoms with Crippen LogP contribution >= 0.6 is 0 Å². The number of carbonyl (C=O) groups is 5. The number of amides is 3. The van der Waals surface area contributed by atoms with Gasteiger partial charge < -0.3 is 35.7 Å². The minimum Gasteiger partial charge on any atom is -0.461 e. The number of nitrogens with one attached hydrogen (secondary N) is 3. The van der Waals surface area contributed by atoms with Crippen molar-refractivity contribution in [2.45, 2.75) is 71.1 Å². The molecule has 0 spiro atoms. The van der Waals surface area contributed by atoms with Gasteiger partial charge in [0.25, 0.3) is 0 Å². The number of fused-ring (bicyclic) bond motifs is 3. The molecule has 1 aliphatic carbocycles. The van der Waals surface area contributed by atoms with Gasteiger partial charge in [-0.25, -0.2) is 9.59 Å². The number of hydrogen-bond donors (Lipinski definition) is 3. The first-order chi connectivity index (χ1) is 22.5. The molecule has 0 aromatic heterocycles. The average molecular weight is 650 g/mol. The number of ketones is 1. The van der Waals surface area contributed by atoms with Crippen LogP contribution in [-0.4, -0.2) is 85.2 Å². The van der Waals surface area contributed by atoms with Crippen LogP contribution in [0.25, 0.3) is 16.7 Å². The van der Waals surface area contributed by atoms with Crippen LogP contribution in [0.5, 0.6) is 0 Å². The van der Waals surface area contributed by atoms with Crippen molar-refractivity contribution in [1.29, 1.82) is 0 Å². The van der Waals surface area contributed by atoms with E-state index in [4.69, 9.17) is 19.7 Å². The van der Waals surface area contributed by atoms with E-state index in [0.29, 0.717) is 6.21 Å². The number of benzene rings is 2. The zero-order chi connectivity index (χ0) is 34.3. The van der Waals surface area contributed by atoms with Crippen molar-refractivity contribution in [3.63, 3.8) is 0 Å². The Bertz CT molecular complexity index is 1420. The topological polar surface area (TPSA) is 186 Å². The molecule has 47 heavy (non-hydrogen) atoms. The van der Waals surface area contributed by atoms with E-state index >= 15 is 0 Å². The molecule has 0 aliphatic heterocycles. The van der Waals surface area contributed by atoms with Crippen molar-refractivity contribution in [2.24, 2.45) is 5.92 Å². The molecule has 2 atom stereocenters. The maximum atomic E-state index is 13.1. The largest absolute Gasteiger partial charge is 0.461 e. The monoisotopic (exact) mass is 649 g/mol. The first kappa shape index (κ1) is 36.6. The Hall–Kier alpha value is -4.87. The van der Waals surface area contributed by atoms with E-state index in [-0.39, 0.29) is 57.5 Å². The van der Waals surface area contributed by atoms with Crippen molar-refractivity contribution in [2.75, 3.05) is 26.4 Å². The lowest BCUT2D eigenvalue weighted by Crippen LogP contribution is -2.53. The molecule has 0 radical (unpaired) electrons. The molecule has 13 nitrogen and oxygen atoms in total. The number of hydrogen-bond acceptors (Lipinski definition) is 8. The van der Waals surface area contributed by atoms with Crippen LogP contribution < -0.4 is 16.0 Å². The molecule has 0 saturated carbocycles. The summed E-state index contributed by atoms with van der Waals surface area (Å²) in [6, 6.07) is 13.9. The fourth-order valence-electron chi connectivity index (χ4n) is 5.23. The van der Waals surface area contributed by atoms with Gasteiger partial charge in [0.15, 0.2) is 0 Å². The van der Waals surface area contributed by atoms with Gasteiger partial charge in [0, 0.05) is 18.9 Å². The standard InChI is InChI=1S/C34H43N5O8/c1-21(2)17-30(32(42)39-29(33(43)47-22(3)4)14-13-23(40)18-37-35)38-31(41)20-45-16-15-36-34(44)46-19-28-26-11-7-5-9-24(26)25-10-6-8-12-27(25)28/h5-12,18,21-22,28-30H,13-17,19-20H2,1-4H3,(H,36,44)(H,38,41)(H,39,42)/t29-,30-/m0/s1. The molecule has 252 valence electrons. The minimum absolute atomic E-state index is 0.0109. The molecule has 3 amide bonds. The molecule has 0 fully saturated rings. The Kier molecular flexibility index (Phi) is 14.3. The minimum atomic E-state index is -1.16. The first-order valence-electron chi connectivity index (χ1n) is 15.7. The third-order valence-electron chi connectivity index (χ3n) is 7.29. The Labute approximate surface area is 274 Å². The molecular weight excluding hydrogens is 606 g/mol. The van der Waals surface area contributed by atoms with Gasteiger partial charge in [0.2, 0.25) is 17.6 Å². The Morgan fingerprint density at radius 1 is 0.915 bits per heavy atom. The van der Waals surface area contributed by atoms with Crippen LogP contribution in [0, 0.1) is 5.92 Å². The second-order valence-electron chi connectivity index (χ2n) is 11.9. The predicted octanol–water partition coefficient (Wildman–Crippen LogP) is 3.16. The lowest BCUT2D eigenvalue weighted by atomic mass is 9.98. The highest BCUT2D eigenvalue weighted by atomic mass is 16.6. The summed E-state index contributed by atoms with van der Waals surface area (Å²) in [5.41, 5.74) is 13.0. The summed E-state index contributed by atoms with van der Waals surface area (Å²) in [5.74, 6) is -2.52. The molecule has 2 aromatic rings. The number of carbonyl (C=O) groups excluding carboxylic acids is 5. The van der Waals surface area contributed by atoms with E-state index in [1.807, 2.05) is 50.2 Å². The van der Waals surface area contributed by atoms with Gasteiger partial charge in [-0.2, -0.15) is 4.79 Å². The van der Waals surface area contributed by atoms with Crippen molar-refractivity contribution < 1.29 is 43.0 Å². The third kappa shape index (κ3) is 11.5. The number of alkyl carbamates (subject to hydrolysis) is 1. The highest BCUT2D eigenvalue weighted by molar-refractivity contribution is 6.25. The summed E-state index contributed by atoms with van der Waals surface area (Å²) in [5, 5.41) is 7.81. The van der Waals surface area contributed by atoms with Gasteiger partial charge in [0.1, 0.15) is 25.3 Å². The van der Waals surface area contributed by atoms with Crippen LogP contribution in [0.3, 0.4) is 0 Å². The van der Waals surface area contributed by atoms with E-state index in [1.165, 1.54) is 0 Å². The highest BCUT2D eigenvalue weighted by Crippen LogP contribution is 2.44. The molecule has 0 saturated heterocycles. The number of ether oxygens (including phenoxy) is 3. The SMILES string of the molecule is CC(C)C[C@H](NC(=O)COCCNC(=O)OCC1c2ccccc2-c2ccccc21)C(=O)N[C@@H](CCC(=O)C=[N+]=[N-])C(=O)OC(C)C. The van der Waals surface area contributed by atoms with Crippen LogP contribution in [0.2, 0.25) is 0 Å². The lowest BCUT2D eigenvalue weighted by Gasteiger charge is -2.24. The predicted molar refractivity (Wildman–Crippen MR) is 172 cm³/mol. The fraction of sp³-hybridized carbons (Fsp3) is 0.471. The Morgan fingerprint density at radius 2 is 1.55 bits per heavy atom. The van der Waals surface area contributed by atoms with E-state index in [0.717, 1.165) is 22.3 Å². The second kappa shape index (κ2) is 18.3. The highest BCUT2D eigenvalue weighted by Gasteiger charge is 2.30. The molecular formula is C34H43N5O8. The van der Waals surface area contributed by atoms with Crippen LogP contribution in [0.4, 0.5) is 4.79 Å². The van der Waals surface area contributed by atoms with Gasteiger partial charge in [-0.1, -0.05) is 62.4 Å². The summed E-state index contributed by atoms with van der Waals surface area (Å²) in [6.07, 6.45) is -0.362. The molecule has 13 heteroatoms. The zero-order valence-electron chi connectivity index (χ0n) is 27.2. The smallest absolute Gasteiger partial charge is 0.407 e. The van der Waals surface area contributed by atoms with Crippen molar-refractivity contribution in [3.8, 4) is 11.1 Å². The summed E-state index contributed by atoms with van der Waals surface area (Å²) in [4.78, 5) is 65.2. The maximum Gasteiger partial charge on any atom is 0.407 e. The van der Waals surface area contributed by atoms with Crippen molar-refractivity contribution >= 4 is 35.9 Å². The summed E-state index contributed by atoms with van der Waals surface area (Å²) in [7, 11) is 0. The number of esters is 1. The lowest BCUT2D eigenvalue weighted by molar-refractivity contribution is -0.152.